The van der Waals surface area contributed by atoms with Crippen LogP contribution in [0.15, 0.2) is 71.6 Å². The number of carbonyl (C=O) groups excluding carboxylic acids is 1. The van der Waals surface area contributed by atoms with Crippen LogP contribution in [0.4, 0.5) is 0 Å². The highest BCUT2D eigenvalue weighted by Crippen LogP contribution is 2.23. The Kier molecular flexibility index (Phi) is 6.11. The largest absolute Gasteiger partial charge is 0.339 e. The number of thiazole rings is 1. The van der Waals surface area contributed by atoms with Gasteiger partial charge in [0.1, 0.15) is 5.01 Å². The van der Waals surface area contributed by atoms with Gasteiger partial charge in [-0.3, -0.25) is 9.69 Å². The molecule has 170 valence electrons. The summed E-state index contributed by atoms with van der Waals surface area (Å²) >= 11 is 1.70. The summed E-state index contributed by atoms with van der Waals surface area (Å²) in [7, 11) is -3.76. The second kappa shape index (κ2) is 9.18. The molecule has 1 aliphatic rings. The van der Waals surface area contributed by atoms with Crippen LogP contribution >= 0.6 is 11.3 Å². The topological polar surface area (TPSA) is 82.6 Å². The third-order valence-electron chi connectivity index (χ3n) is 5.87. The fraction of sp³-hybridized carbons (Fsp3) is 0.250. The van der Waals surface area contributed by atoms with Crippen molar-refractivity contribution in [1.82, 2.24) is 19.5 Å². The molecular formula is C24H24N4O3S2. The summed E-state index contributed by atoms with van der Waals surface area (Å²) in [6, 6.07) is 20.6. The zero-order valence-electron chi connectivity index (χ0n) is 18.0. The van der Waals surface area contributed by atoms with E-state index < -0.39 is 10.0 Å². The van der Waals surface area contributed by atoms with Crippen molar-refractivity contribution >= 4 is 48.3 Å². The second-order valence-corrected chi connectivity index (χ2v) is 10.9. The van der Waals surface area contributed by atoms with E-state index >= 15 is 0 Å². The zero-order chi connectivity index (χ0) is 22.8. The van der Waals surface area contributed by atoms with E-state index in [0.29, 0.717) is 13.1 Å². The number of rotatable bonds is 6. The number of hydrogen-bond donors (Lipinski definition) is 1. The van der Waals surface area contributed by atoms with Gasteiger partial charge in [-0.2, -0.15) is 0 Å². The summed E-state index contributed by atoms with van der Waals surface area (Å²) in [5, 5.41) is 2.88. The number of amides is 1. The number of sulfonamides is 1. The molecule has 0 spiro atoms. The molecule has 0 bridgehead atoms. The van der Waals surface area contributed by atoms with E-state index in [4.69, 9.17) is 0 Å². The van der Waals surface area contributed by atoms with E-state index in [9.17, 15) is 13.2 Å². The lowest BCUT2D eigenvalue weighted by Gasteiger charge is -2.34. The third-order valence-corrected chi connectivity index (χ3v) is 8.29. The van der Waals surface area contributed by atoms with Gasteiger partial charge in [-0.25, -0.2) is 18.1 Å². The smallest absolute Gasteiger partial charge is 0.241 e. The summed E-state index contributed by atoms with van der Waals surface area (Å²) in [5.41, 5.74) is 1.02. The number of nitrogens with zero attached hydrogens (tertiary/aromatic N) is 3. The molecule has 1 amide bonds. The minimum Gasteiger partial charge on any atom is -0.339 e. The first-order chi connectivity index (χ1) is 16.0. The van der Waals surface area contributed by atoms with E-state index in [1.54, 1.807) is 34.4 Å². The van der Waals surface area contributed by atoms with E-state index in [1.165, 1.54) is 4.70 Å². The third kappa shape index (κ3) is 4.91. The van der Waals surface area contributed by atoms with E-state index in [2.05, 4.69) is 20.7 Å². The molecule has 1 N–H and O–H groups in total. The fourth-order valence-electron chi connectivity index (χ4n) is 4.02. The molecule has 9 heteroatoms. The molecule has 2 heterocycles. The highest BCUT2D eigenvalue weighted by Gasteiger charge is 2.24. The van der Waals surface area contributed by atoms with Gasteiger partial charge in [-0.15, -0.1) is 11.3 Å². The molecule has 4 aromatic rings. The molecule has 1 fully saturated rings. The van der Waals surface area contributed by atoms with E-state index in [-0.39, 0.29) is 17.3 Å². The summed E-state index contributed by atoms with van der Waals surface area (Å²) in [5.74, 6) is -0.209. The van der Waals surface area contributed by atoms with Crippen LogP contribution in [0.1, 0.15) is 5.01 Å². The second-order valence-electron chi connectivity index (χ2n) is 8.07. The number of hydrogen-bond acceptors (Lipinski definition) is 6. The van der Waals surface area contributed by atoms with Gasteiger partial charge in [0.15, 0.2) is 0 Å². The van der Waals surface area contributed by atoms with Gasteiger partial charge in [0.05, 0.1) is 28.2 Å². The Morgan fingerprint density at radius 3 is 2.45 bits per heavy atom. The maximum atomic E-state index is 12.7. The number of piperazine rings is 1. The molecule has 0 aliphatic carbocycles. The summed E-state index contributed by atoms with van der Waals surface area (Å²) < 4.78 is 29.0. The Labute approximate surface area is 196 Å². The minimum atomic E-state index is -3.76. The van der Waals surface area contributed by atoms with Gasteiger partial charge in [0.25, 0.3) is 0 Å². The number of fused-ring (bicyclic) bond motifs is 2. The Hall–Kier alpha value is -2.85. The first-order valence-corrected chi connectivity index (χ1v) is 13.1. The number of nitrogens with one attached hydrogen (secondary N) is 1. The Balaban J connectivity index is 1.14. The Morgan fingerprint density at radius 2 is 1.67 bits per heavy atom. The number of aromatic nitrogens is 1. The summed E-state index contributed by atoms with van der Waals surface area (Å²) in [4.78, 5) is 21.5. The normalized spacial score (nSPS) is 15.3. The predicted octanol–water partition coefficient (Wildman–Crippen LogP) is 3.07. The molecule has 0 unspecified atom stereocenters. The molecule has 1 aliphatic heterocycles. The highest BCUT2D eigenvalue weighted by molar-refractivity contribution is 7.89. The Morgan fingerprint density at radius 1 is 0.939 bits per heavy atom. The van der Waals surface area contributed by atoms with Crippen molar-refractivity contribution in [2.45, 2.75) is 11.4 Å². The highest BCUT2D eigenvalue weighted by atomic mass is 32.2. The van der Waals surface area contributed by atoms with Gasteiger partial charge in [-0.05, 0) is 35.0 Å². The summed E-state index contributed by atoms with van der Waals surface area (Å²) in [6.45, 7) is 3.13. The van der Waals surface area contributed by atoms with Crippen LogP contribution in [0, 0.1) is 0 Å². The average molecular weight is 481 g/mol. The number of benzene rings is 3. The van der Waals surface area contributed by atoms with Crippen LogP contribution < -0.4 is 4.72 Å². The minimum absolute atomic E-state index is 0.162. The van der Waals surface area contributed by atoms with Crippen molar-refractivity contribution in [3.63, 3.8) is 0 Å². The molecular weight excluding hydrogens is 456 g/mol. The quantitative estimate of drug-likeness (QED) is 0.459. The number of carbonyl (C=O) groups is 1. The fourth-order valence-corrected chi connectivity index (χ4v) is 6.04. The molecule has 3 aromatic carbocycles. The van der Waals surface area contributed by atoms with Crippen molar-refractivity contribution in [2.24, 2.45) is 0 Å². The van der Waals surface area contributed by atoms with Crippen LogP contribution in [0.2, 0.25) is 0 Å². The lowest BCUT2D eigenvalue weighted by molar-refractivity contribution is -0.131. The van der Waals surface area contributed by atoms with Crippen LogP contribution in [0.5, 0.6) is 0 Å². The van der Waals surface area contributed by atoms with Crippen molar-refractivity contribution in [2.75, 3.05) is 32.7 Å². The van der Waals surface area contributed by atoms with E-state index in [0.717, 1.165) is 40.9 Å². The van der Waals surface area contributed by atoms with Gasteiger partial charge in [0.2, 0.25) is 15.9 Å². The monoisotopic (exact) mass is 480 g/mol. The van der Waals surface area contributed by atoms with Crippen LogP contribution in [0.3, 0.4) is 0 Å². The van der Waals surface area contributed by atoms with Crippen molar-refractivity contribution < 1.29 is 13.2 Å². The predicted molar refractivity (Wildman–Crippen MR) is 131 cm³/mol. The maximum absolute atomic E-state index is 12.7. The molecule has 33 heavy (non-hydrogen) atoms. The van der Waals surface area contributed by atoms with Crippen LogP contribution in [0.25, 0.3) is 21.0 Å². The maximum Gasteiger partial charge on any atom is 0.241 e. The molecule has 0 atom stereocenters. The van der Waals surface area contributed by atoms with Gasteiger partial charge in [-0.1, -0.05) is 42.5 Å². The molecule has 5 rings (SSSR count). The zero-order valence-corrected chi connectivity index (χ0v) is 19.6. The SMILES string of the molecule is O=C(CNS(=O)(=O)c1ccc2ccccc2c1)N1CCN(Cc2nc3ccccc3s2)CC1. The number of para-hydroxylation sites is 1. The lowest BCUT2D eigenvalue weighted by atomic mass is 10.1. The summed E-state index contributed by atoms with van der Waals surface area (Å²) in [6.07, 6.45) is 0. The first kappa shape index (κ1) is 22.0. The van der Waals surface area contributed by atoms with Gasteiger partial charge < -0.3 is 4.90 Å². The van der Waals surface area contributed by atoms with Crippen LogP contribution in [-0.2, 0) is 21.4 Å². The van der Waals surface area contributed by atoms with Crippen molar-refractivity contribution in [1.29, 1.82) is 0 Å². The van der Waals surface area contributed by atoms with Crippen molar-refractivity contribution in [3.8, 4) is 0 Å². The Bertz CT molecular complexity index is 1380. The van der Waals surface area contributed by atoms with Gasteiger partial charge in [0, 0.05) is 26.2 Å². The molecule has 7 nitrogen and oxygen atoms in total. The average Bonchev–Trinajstić information content (AvgIpc) is 3.25. The van der Waals surface area contributed by atoms with Crippen LogP contribution in [-0.4, -0.2) is 61.8 Å². The van der Waals surface area contributed by atoms with E-state index in [1.807, 2.05) is 42.5 Å². The van der Waals surface area contributed by atoms with Gasteiger partial charge >= 0.3 is 0 Å². The van der Waals surface area contributed by atoms with Crippen molar-refractivity contribution in [3.05, 3.63) is 71.7 Å². The lowest BCUT2D eigenvalue weighted by Crippen LogP contribution is -2.50. The molecule has 0 saturated carbocycles. The first-order valence-electron chi connectivity index (χ1n) is 10.8. The molecule has 1 aromatic heterocycles. The molecule has 0 radical (unpaired) electrons. The standard InChI is InChI=1S/C24H24N4O3S2/c29-24(16-25-33(30,31)20-10-9-18-5-1-2-6-19(18)15-20)28-13-11-27(12-14-28)17-23-26-21-7-3-4-8-22(21)32-23/h1-10,15,25H,11-14,16-17H2. The molecule has 1 saturated heterocycles.